The van der Waals surface area contributed by atoms with Gasteiger partial charge in [-0.25, -0.2) is 9.37 Å². The summed E-state index contributed by atoms with van der Waals surface area (Å²) in [6, 6.07) is 13.7. The van der Waals surface area contributed by atoms with Crippen molar-refractivity contribution in [3.05, 3.63) is 71.8 Å². The first-order chi connectivity index (χ1) is 11.1. The molecule has 3 aromatic rings. The lowest BCUT2D eigenvalue weighted by molar-refractivity contribution is -0.117. The lowest BCUT2D eigenvalue weighted by atomic mass is 10.2. The molecule has 1 atom stereocenters. The molecule has 0 aliphatic carbocycles. The van der Waals surface area contributed by atoms with E-state index in [9.17, 15) is 9.18 Å². The average molecular weight is 309 g/mol. The number of imidazole rings is 1. The number of fused-ring (bicyclic) bond motifs is 1. The second-order valence-corrected chi connectivity index (χ2v) is 5.22. The van der Waals surface area contributed by atoms with Gasteiger partial charge in [0, 0.05) is 11.6 Å². The highest BCUT2D eigenvalue weighted by Gasteiger charge is 2.12. The molecule has 0 spiro atoms. The molecule has 0 saturated heterocycles. The molecule has 116 valence electrons. The maximum atomic E-state index is 13.5. The number of carbonyl (C=O) groups is 1. The van der Waals surface area contributed by atoms with Crippen LogP contribution in [-0.4, -0.2) is 15.9 Å². The van der Waals surface area contributed by atoms with Crippen LogP contribution >= 0.6 is 0 Å². The maximum absolute atomic E-state index is 13.5. The van der Waals surface area contributed by atoms with Gasteiger partial charge in [-0.2, -0.15) is 0 Å². The fraction of sp³-hybridized carbons (Fsp3) is 0.111. The third-order valence-electron chi connectivity index (χ3n) is 3.50. The summed E-state index contributed by atoms with van der Waals surface area (Å²) in [5.41, 5.74) is 2.15. The molecule has 5 heteroatoms. The van der Waals surface area contributed by atoms with E-state index in [1.807, 2.05) is 31.2 Å². The Morgan fingerprint density at radius 2 is 1.96 bits per heavy atom. The summed E-state index contributed by atoms with van der Waals surface area (Å²) in [6.45, 7) is 1.84. The van der Waals surface area contributed by atoms with Crippen LogP contribution in [0.3, 0.4) is 0 Å². The van der Waals surface area contributed by atoms with Crippen LogP contribution in [0.1, 0.15) is 24.4 Å². The van der Waals surface area contributed by atoms with Crippen molar-refractivity contribution in [2.24, 2.45) is 0 Å². The topological polar surface area (TPSA) is 57.8 Å². The number of para-hydroxylation sites is 2. The van der Waals surface area contributed by atoms with Crippen molar-refractivity contribution >= 4 is 23.0 Å². The highest BCUT2D eigenvalue weighted by molar-refractivity contribution is 5.92. The van der Waals surface area contributed by atoms with Crippen LogP contribution in [0.5, 0.6) is 0 Å². The van der Waals surface area contributed by atoms with Crippen LogP contribution in [0.4, 0.5) is 4.39 Å². The minimum atomic E-state index is -0.359. The zero-order chi connectivity index (χ0) is 16.2. The zero-order valence-corrected chi connectivity index (χ0v) is 12.6. The Labute approximate surface area is 133 Å². The molecule has 1 heterocycles. The number of hydrogen-bond acceptors (Lipinski definition) is 2. The predicted octanol–water partition coefficient (Wildman–Crippen LogP) is 3.59. The van der Waals surface area contributed by atoms with E-state index in [1.165, 1.54) is 18.2 Å². The first-order valence-corrected chi connectivity index (χ1v) is 7.31. The van der Waals surface area contributed by atoms with Gasteiger partial charge in [-0.15, -0.1) is 0 Å². The number of amides is 1. The molecule has 3 rings (SSSR count). The van der Waals surface area contributed by atoms with Crippen molar-refractivity contribution in [2.45, 2.75) is 13.0 Å². The molecule has 23 heavy (non-hydrogen) atoms. The van der Waals surface area contributed by atoms with E-state index >= 15 is 0 Å². The maximum Gasteiger partial charge on any atom is 0.244 e. The van der Waals surface area contributed by atoms with Crippen LogP contribution in [0.25, 0.3) is 17.1 Å². The minimum Gasteiger partial charge on any atom is -0.343 e. The quantitative estimate of drug-likeness (QED) is 0.724. The van der Waals surface area contributed by atoms with E-state index in [-0.39, 0.29) is 17.8 Å². The highest BCUT2D eigenvalue weighted by Crippen LogP contribution is 2.15. The number of halogens is 1. The molecule has 1 amide bonds. The largest absolute Gasteiger partial charge is 0.343 e. The van der Waals surface area contributed by atoms with Gasteiger partial charge in [0.2, 0.25) is 5.91 Å². The third-order valence-corrected chi connectivity index (χ3v) is 3.50. The number of nitrogens with zero attached hydrogens (tertiary/aromatic N) is 1. The summed E-state index contributed by atoms with van der Waals surface area (Å²) in [7, 11) is 0. The van der Waals surface area contributed by atoms with Gasteiger partial charge in [0.1, 0.15) is 11.6 Å². The SMILES string of the molecule is CC(NC(=O)/C=C/c1ccccc1F)c1nc2ccccc2[nH]1. The molecule has 0 aliphatic rings. The van der Waals surface area contributed by atoms with Crippen molar-refractivity contribution < 1.29 is 9.18 Å². The molecular formula is C18H16FN3O. The minimum absolute atomic E-state index is 0.278. The summed E-state index contributed by atoms with van der Waals surface area (Å²) < 4.78 is 13.5. The van der Waals surface area contributed by atoms with Gasteiger partial charge >= 0.3 is 0 Å². The van der Waals surface area contributed by atoms with Gasteiger partial charge in [-0.05, 0) is 31.2 Å². The van der Waals surface area contributed by atoms with Crippen LogP contribution in [0.15, 0.2) is 54.6 Å². The van der Waals surface area contributed by atoms with Crippen molar-refractivity contribution in [3.63, 3.8) is 0 Å². The summed E-state index contributed by atoms with van der Waals surface area (Å²) >= 11 is 0. The van der Waals surface area contributed by atoms with Crippen LogP contribution < -0.4 is 5.32 Å². The Balaban J connectivity index is 1.68. The van der Waals surface area contributed by atoms with E-state index in [0.717, 1.165) is 11.0 Å². The van der Waals surface area contributed by atoms with Gasteiger partial charge in [0.15, 0.2) is 0 Å². The van der Waals surface area contributed by atoms with Crippen LogP contribution in [0.2, 0.25) is 0 Å². The predicted molar refractivity (Wildman–Crippen MR) is 88.1 cm³/mol. The Kier molecular flexibility index (Phi) is 4.19. The molecule has 0 aliphatic heterocycles. The molecule has 0 bridgehead atoms. The molecule has 4 nitrogen and oxygen atoms in total. The Morgan fingerprint density at radius 1 is 1.22 bits per heavy atom. The number of aromatic nitrogens is 2. The number of H-pyrrole nitrogens is 1. The normalized spacial score (nSPS) is 12.6. The molecule has 1 aromatic heterocycles. The van der Waals surface area contributed by atoms with Crippen molar-refractivity contribution in [3.8, 4) is 0 Å². The van der Waals surface area contributed by atoms with Gasteiger partial charge in [0.25, 0.3) is 0 Å². The lowest BCUT2D eigenvalue weighted by Crippen LogP contribution is -2.25. The zero-order valence-electron chi connectivity index (χ0n) is 12.6. The van der Waals surface area contributed by atoms with Gasteiger partial charge in [0.05, 0.1) is 17.1 Å². The average Bonchev–Trinajstić information content (AvgIpc) is 2.98. The number of rotatable bonds is 4. The smallest absolute Gasteiger partial charge is 0.244 e. The number of nitrogens with one attached hydrogen (secondary N) is 2. The summed E-state index contributed by atoms with van der Waals surface area (Å²) in [4.78, 5) is 19.6. The summed E-state index contributed by atoms with van der Waals surface area (Å²) in [6.07, 6.45) is 2.77. The monoisotopic (exact) mass is 309 g/mol. The first kappa shape index (κ1) is 15.0. The lowest BCUT2D eigenvalue weighted by Gasteiger charge is -2.09. The van der Waals surface area contributed by atoms with E-state index in [1.54, 1.807) is 18.2 Å². The van der Waals surface area contributed by atoms with Crippen molar-refractivity contribution in [2.75, 3.05) is 0 Å². The second-order valence-electron chi connectivity index (χ2n) is 5.22. The Bertz CT molecular complexity index is 836. The van der Waals surface area contributed by atoms with E-state index in [0.29, 0.717) is 11.4 Å². The van der Waals surface area contributed by atoms with Gasteiger partial charge in [-0.3, -0.25) is 4.79 Å². The van der Waals surface area contributed by atoms with Crippen molar-refractivity contribution in [1.29, 1.82) is 0 Å². The Morgan fingerprint density at radius 3 is 2.74 bits per heavy atom. The van der Waals surface area contributed by atoms with E-state index in [2.05, 4.69) is 15.3 Å². The van der Waals surface area contributed by atoms with Crippen LogP contribution in [-0.2, 0) is 4.79 Å². The molecule has 1 unspecified atom stereocenters. The molecule has 0 saturated carbocycles. The number of hydrogen-bond donors (Lipinski definition) is 2. The van der Waals surface area contributed by atoms with E-state index < -0.39 is 0 Å². The fourth-order valence-electron chi connectivity index (χ4n) is 2.28. The third kappa shape index (κ3) is 3.45. The number of benzene rings is 2. The molecule has 2 aromatic carbocycles. The summed E-state index contributed by atoms with van der Waals surface area (Å²) in [5, 5.41) is 2.80. The summed E-state index contributed by atoms with van der Waals surface area (Å²) in [5.74, 6) is 0.0157. The molecule has 0 fully saturated rings. The van der Waals surface area contributed by atoms with Gasteiger partial charge < -0.3 is 10.3 Å². The van der Waals surface area contributed by atoms with Crippen LogP contribution in [0, 0.1) is 5.82 Å². The number of carbonyl (C=O) groups excluding carboxylic acids is 1. The highest BCUT2D eigenvalue weighted by atomic mass is 19.1. The molecule has 2 N–H and O–H groups in total. The van der Waals surface area contributed by atoms with Crippen molar-refractivity contribution in [1.82, 2.24) is 15.3 Å². The Hall–Kier alpha value is -2.95. The van der Waals surface area contributed by atoms with E-state index in [4.69, 9.17) is 0 Å². The molecule has 0 radical (unpaired) electrons. The standard InChI is InChI=1S/C18H16FN3O/c1-12(18-21-15-8-4-5-9-16(15)22-18)20-17(23)11-10-13-6-2-3-7-14(13)19/h2-12H,1H3,(H,20,23)(H,21,22)/b11-10+. The molecular weight excluding hydrogens is 293 g/mol. The fourth-order valence-corrected chi connectivity index (χ4v) is 2.28. The van der Waals surface area contributed by atoms with Gasteiger partial charge in [-0.1, -0.05) is 30.3 Å². The number of aromatic amines is 1. The second kappa shape index (κ2) is 6.44. The first-order valence-electron chi connectivity index (χ1n) is 7.31.